The lowest BCUT2D eigenvalue weighted by atomic mass is 9.84. The summed E-state index contributed by atoms with van der Waals surface area (Å²) in [7, 11) is 0. The number of allylic oxidation sites excluding steroid dienone is 1. The number of ketones is 1. The van der Waals surface area contributed by atoms with E-state index in [-0.39, 0.29) is 11.8 Å². The number of carbonyl (C=O) groups is 1. The Balaban J connectivity index is 2.04. The Hall–Kier alpha value is -1.88. The minimum atomic E-state index is -0.221. The van der Waals surface area contributed by atoms with E-state index in [0.717, 1.165) is 42.0 Å². The van der Waals surface area contributed by atoms with E-state index in [1.807, 2.05) is 24.3 Å². The van der Waals surface area contributed by atoms with Crippen LogP contribution in [-0.2, 0) is 4.79 Å². The monoisotopic (exact) mass is 358 g/mol. The van der Waals surface area contributed by atoms with Crippen LogP contribution in [0.1, 0.15) is 51.6 Å². The number of carbonyl (C=O) groups excluding carboxylic acids is 1. The number of benzene rings is 1. The SMILES string of the molecule is CCN1C(=S)NC(c2ccccc2OCC(C)C)C2=C1CCCC2=O. The molecule has 1 aliphatic carbocycles. The van der Waals surface area contributed by atoms with Crippen LogP contribution in [0.15, 0.2) is 35.5 Å². The van der Waals surface area contributed by atoms with Crippen LogP contribution >= 0.6 is 12.2 Å². The highest BCUT2D eigenvalue weighted by molar-refractivity contribution is 7.80. The topological polar surface area (TPSA) is 41.6 Å². The van der Waals surface area contributed by atoms with Crippen LogP contribution in [0, 0.1) is 5.92 Å². The van der Waals surface area contributed by atoms with Gasteiger partial charge in [0.1, 0.15) is 5.75 Å². The molecule has 0 fully saturated rings. The van der Waals surface area contributed by atoms with Crippen molar-refractivity contribution in [3.05, 3.63) is 41.1 Å². The number of hydrogen-bond donors (Lipinski definition) is 1. The van der Waals surface area contributed by atoms with Crippen LogP contribution < -0.4 is 10.1 Å². The maximum Gasteiger partial charge on any atom is 0.173 e. The van der Waals surface area contributed by atoms with Gasteiger partial charge in [-0.1, -0.05) is 32.0 Å². The van der Waals surface area contributed by atoms with E-state index in [0.29, 0.717) is 24.1 Å². The maximum atomic E-state index is 12.7. The van der Waals surface area contributed by atoms with Gasteiger partial charge in [-0.2, -0.15) is 0 Å². The first-order chi connectivity index (χ1) is 12.0. The predicted molar refractivity (Wildman–Crippen MR) is 104 cm³/mol. The quantitative estimate of drug-likeness (QED) is 0.807. The molecular formula is C20H26N2O2S. The van der Waals surface area contributed by atoms with Crippen molar-refractivity contribution in [2.75, 3.05) is 13.2 Å². The van der Waals surface area contributed by atoms with Crippen molar-refractivity contribution in [3.63, 3.8) is 0 Å². The van der Waals surface area contributed by atoms with E-state index in [9.17, 15) is 4.79 Å². The minimum absolute atomic E-state index is 0.221. The number of ether oxygens (including phenoxy) is 1. The van der Waals surface area contributed by atoms with Crippen LogP contribution in [0.25, 0.3) is 0 Å². The van der Waals surface area contributed by atoms with Crippen LogP contribution in [0.2, 0.25) is 0 Å². The van der Waals surface area contributed by atoms with E-state index in [1.54, 1.807) is 0 Å². The Bertz CT molecular complexity index is 711. The number of para-hydroxylation sites is 1. The van der Waals surface area contributed by atoms with Crippen molar-refractivity contribution < 1.29 is 9.53 Å². The standard InChI is InChI=1S/C20H26N2O2S/c1-4-22-15-9-7-10-16(23)18(15)19(21-20(22)25)14-8-5-6-11-17(14)24-12-13(2)3/h5-6,8,11,13,19H,4,7,9-10,12H2,1-3H3,(H,21,25). The second kappa shape index (κ2) is 7.56. The molecule has 2 aliphatic rings. The van der Waals surface area contributed by atoms with Crippen molar-refractivity contribution >= 4 is 23.1 Å². The molecule has 0 amide bonds. The van der Waals surface area contributed by atoms with Gasteiger partial charge < -0.3 is 15.0 Å². The first-order valence-corrected chi connectivity index (χ1v) is 9.49. The second-order valence-electron chi connectivity index (χ2n) is 7.01. The Morgan fingerprint density at radius 3 is 2.80 bits per heavy atom. The summed E-state index contributed by atoms with van der Waals surface area (Å²) in [5, 5.41) is 4.08. The summed E-state index contributed by atoms with van der Waals surface area (Å²) in [5.74, 6) is 1.49. The Kier molecular flexibility index (Phi) is 5.42. The number of nitrogens with zero attached hydrogens (tertiary/aromatic N) is 1. The number of hydrogen-bond acceptors (Lipinski definition) is 3. The highest BCUT2D eigenvalue weighted by Gasteiger charge is 2.37. The Labute approximate surface area is 155 Å². The molecule has 5 heteroatoms. The van der Waals surface area contributed by atoms with Crippen molar-refractivity contribution in [1.29, 1.82) is 0 Å². The van der Waals surface area contributed by atoms with Gasteiger partial charge >= 0.3 is 0 Å². The average Bonchev–Trinajstić information content (AvgIpc) is 2.59. The molecule has 0 radical (unpaired) electrons. The molecule has 0 aromatic heterocycles. The molecule has 0 bridgehead atoms. The van der Waals surface area contributed by atoms with Gasteiger partial charge in [0.15, 0.2) is 10.9 Å². The summed E-state index contributed by atoms with van der Waals surface area (Å²) in [6.45, 7) is 7.74. The van der Waals surface area contributed by atoms with E-state index in [1.165, 1.54) is 0 Å². The van der Waals surface area contributed by atoms with Gasteiger partial charge in [0.05, 0.1) is 12.6 Å². The van der Waals surface area contributed by atoms with Crippen LogP contribution in [0.4, 0.5) is 0 Å². The second-order valence-corrected chi connectivity index (χ2v) is 7.39. The summed E-state index contributed by atoms with van der Waals surface area (Å²) >= 11 is 5.59. The normalized spacial score (nSPS) is 20.6. The fourth-order valence-electron chi connectivity index (χ4n) is 3.53. The van der Waals surface area contributed by atoms with Crippen molar-refractivity contribution in [1.82, 2.24) is 10.2 Å². The Morgan fingerprint density at radius 1 is 1.32 bits per heavy atom. The number of rotatable bonds is 5. The molecule has 4 nitrogen and oxygen atoms in total. The molecule has 1 aromatic carbocycles. The van der Waals surface area contributed by atoms with Gasteiger partial charge in [0.25, 0.3) is 0 Å². The van der Waals surface area contributed by atoms with Crippen molar-refractivity contribution in [2.45, 2.75) is 46.1 Å². The van der Waals surface area contributed by atoms with Gasteiger partial charge in [0, 0.05) is 29.8 Å². The molecule has 0 saturated carbocycles. The molecule has 3 rings (SSSR count). The summed E-state index contributed by atoms with van der Waals surface area (Å²) in [5.41, 5.74) is 2.94. The third-order valence-electron chi connectivity index (χ3n) is 4.67. The first kappa shape index (κ1) is 17.9. The fourth-order valence-corrected chi connectivity index (χ4v) is 3.88. The molecule has 1 aliphatic heterocycles. The summed E-state index contributed by atoms with van der Waals surface area (Å²) in [6, 6.07) is 7.74. The zero-order valence-corrected chi connectivity index (χ0v) is 16.0. The molecule has 1 heterocycles. The largest absolute Gasteiger partial charge is 0.493 e. The molecular weight excluding hydrogens is 332 g/mol. The van der Waals surface area contributed by atoms with E-state index in [4.69, 9.17) is 17.0 Å². The van der Waals surface area contributed by atoms with Crippen LogP contribution in [0.5, 0.6) is 5.75 Å². The predicted octanol–water partition coefficient (Wildman–Crippen LogP) is 3.98. The summed E-state index contributed by atoms with van der Waals surface area (Å²) < 4.78 is 6.02. The fraction of sp³-hybridized carbons (Fsp3) is 0.500. The third kappa shape index (κ3) is 3.56. The number of thiocarbonyl (C=S) groups is 1. The lowest BCUT2D eigenvalue weighted by Crippen LogP contribution is -2.49. The zero-order valence-electron chi connectivity index (χ0n) is 15.2. The highest BCUT2D eigenvalue weighted by atomic mass is 32.1. The number of nitrogens with one attached hydrogen (secondary N) is 1. The van der Waals surface area contributed by atoms with Gasteiger partial charge in [-0.05, 0) is 44.0 Å². The number of Topliss-reactive ketones (excluding diaryl/α,β-unsaturated/α-hetero) is 1. The smallest absolute Gasteiger partial charge is 0.173 e. The zero-order chi connectivity index (χ0) is 18.0. The third-order valence-corrected chi connectivity index (χ3v) is 5.01. The average molecular weight is 359 g/mol. The van der Waals surface area contributed by atoms with Gasteiger partial charge in [0.2, 0.25) is 0 Å². The Morgan fingerprint density at radius 2 is 2.08 bits per heavy atom. The highest BCUT2D eigenvalue weighted by Crippen LogP contribution is 2.40. The molecule has 1 atom stereocenters. The molecule has 134 valence electrons. The van der Waals surface area contributed by atoms with E-state index >= 15 is 0 Å². The van der Waals surface area contributed by atoms with Gasteiger partial charge in [-0.15, -0.1) is 0 Å². The molecule has 0 spiro atoms. The van der Waals surface area contributed by atoms with Gasteiger partial charge in [-0.25, -0.2) is 0 Å². The summed E-state index contributed by atoms with van der Waals surface area (Å²) in [4.78, 5) is 14.8. The van der Waals surface area contributed by atoms with E-state index in [2.05, 4.69) is 31.0 Å². The molecule has 1 N–H and O–H groups in total. The molecule has 0 saturated heterocycles. The van der Waals surface area contributed by atoms with Crippen molar-refractivity contribution in [3.8, 4) is 5.75 Å². The van der Waals surface area contributed by atoms with E-state index < -0.39 is 0 Å². The van der Waals surface area contributed by atoms with Crippen LogP contribution in [0.3, 0.4) is 0 Å². The molecule has 1 unspecified atom stereocenters. The van der Waals surface area contributed by atoms with Crippen LogP contribution in [-0.4, -0.2) is 28.9 Å². The van der Waals surface area contributed by atoms with Gasteiger partial charge in [-0.3, -0.25) is 4.79 Å². The lowest BCUT2D eigenvalue weighted by molar-refractivity contribution is -0.116. The maximum absolute atomic E-state index is 12.7. The van der Waals surface area contributed by atoms with Crippen molar-refractivity contribution in [2.24, 2.45) is 5.92 Å². The first-order valence-electron chi connectivity index (χ1n) is 9.09. The minimum Gasteiger partial charge on any atom is -0.493 e. The lowest BCUT2D eigenvalue weighted by Gasteiger charge is -2.40. The summed E-state index contributed by atoms with van der Waals surface area (Å²) in [6.07, 6.45) is 2.41. The molecule has 25 heavy (non-hydrogen) atoms. The molecule has 1 aromatic rings.